The summed E-state index contributed by atoms with van der Waals surface area (Å²) >= 11 is 0. The van der Waals surface area contributed by atoms with E-state index >= 15 is 0 Å². The monoisotopic (exact) mass is 420 g/mol. The lowest BCUT2D eigenvalue weighted by Crippen LogP contribution is -2.39. The lowest BCUT2D eigenvalue weighted by atomic mass is 10.1. The molecule has 7 heteroatoms. The molecule has 1 N–H and O–H groups in total. The minimum atomic E-state index is 0.549. The SMILES string of the molecule is CCN(CC)CCOc1ccc(CNC(=NC)N2CCC(COCCOC)C2)cc1. The fourth-order valence-corrected chi connectivity index (χ4v) is 3.60. The van der Waals surface area contributed by atoms with Crippen LogP contribution in [0.4, 0.5) is 0 Å². The minimum absolute atomic E-state index is 0.549. The third kappa shape index (κ3) is 8.50. The second-order valence-corrected chi connectivity index (χ2v) is 7.59. The molecule has 170 valence electrons. The van der Waals surface area contributed by atoms with Crippen LogP contribution in [-0.4, -0.2) is 89.1 Å². The number of hydrogen-bond donors (Lipinski definition) is 1. The average Bonchev–Trinajstić information content (AvgIpc) is 3.24. The van der Waals surface area contributed by atoms with Gasteiger partial charge >= 0.3 is 0 Å². The molecule has 1 unspecified atom stereocenters. The molecule has 0 spiro atoms. The number of hydrogen-bond acceptors (Lipinski definition) is 5. The van der Waals surface area contributed by atoms with Crippen molar-refractivity contribution in [3.8, 4) is 5.75 Å². The van der Waals surface area contributed by atoms with Gasteiger partial charge in [-0.2, -0.15) is 0 Å². The van der Waals surface area contributed by atoms with Gasteiger partial charge in [0.25, 0.3) is 0 Å². The molecule has 1 aliphatic heterocycles. The predicted molar refractivity (Wildman–Crippen MR) is 122 cm³/mol. The molecule has 0 aliphatic carbocycles. The van der Waals surface area contributed by atoms with Crippen molar-refractivity contribution >= 4 is 5.96 Å². The molecule has 0 amide bonds. The summed E-state index contributed by atoms with van der Waals surface area (Å²) in [5, 5.41) is 3.48. The fraction of sp³-hybridized carbons (Fsp3) is 0.696. The first kappa shape index (κ1) is 24.4. The number of ether oxygens (including phenoxy) is 3. The molecule has 0 aromatic heterocycles. The summed E-state index contributed by atoms with van der Waals surface area (Å²) < 4.78 is 16.6. The summed E-state index contributed by atoms with van der Waals surface area (Å²) in [7, 11) is 3.54. The first-order chi connectivity index (χ1) is 14.7. The van der Waals surface area contributed by atoms with Crippen LogP contribution >= 0.6 is 0 Å². The van der Waals surface area contributed by atoms with Gasteiger partial charge < -0.3 is 29.3 Å². The topological polar surface area (TPSA) is 58.6 Å². The first-order valence-corrected chi connectivity index (χ1v) is 11.2. The third-order valence-corrected chi connectivity index (χ3v) is 5.53. The van der Waals surface area contributed by atoms with E-state index in [1.807, 2.05) is 19.2 Å². The Morgan fingerprint density at radius 1 is 1.17 bits per heavy atom. The smallest absolute Gasteiger partial charge is 0.193 e. The Bertz CT molecular complexity index is 605. The Morgan fingerprint density at radius 2 is 1.93 bits per heavy atom. The molecular formula is C23H40N4O3. The highest BCUT2D eigenvalue weighted by Crippen LogP contribution is 2.17. The molecule has 7 nitrogen and oxygen atoms in total. The molecule has 1 saturated heterocycles. The standard InChI is InChI=1S/C23H40N4O3/c1-5-26(6-2)13-14-30-22-9-7-20(8-10-22)17-25-23(24-3)27-12-11-21(18-27)19-29-16-15-28-4/h7-10,21H,5-6,11-19H2,1-4H3,(H,24,25). The summed E-state index contributed by atoms with van der Waals surface area (Å²) in [6, 6.07) is 8.32. The predicted octanol–water partition coefficient (Wildman–Crippen LogP) is 2.47. The van der Waals surface area contributed by atoms with Crippen LogP contribution in [0.25, 0.3) is 0 Å². The number of likely N-dealkylation sites (tertiary alicyclic amines) is 1. The summed E-state index contributed by atoms with van der Waals surface area (Å²) in [5.41, 5.74) is 1.21. The average molecular weight is 421 g/mol. The van der Waals surface area contributed by atoms with Crippen molar-refractivity contribution < 1.29 is 14.2 Å². The number of guanidine groups is 1. The summed E-state index contributed by atoms with van der Waals surface area (Å²) in [6.07, 6.45) is 1.13. The van der Waals surface area contributed by atoms with Crippen LogP contribution in [0, 0.1) is 5.92 Å². The van der Waals surface area contributed by atoms with Crippen LogP contribution in [0.15, 0.2) is 29.3 Å². The van der Waals surface area contributed by atoms with E-state index in [1.165, 1.54) is 5.56 Å². The number of nitrogens with zero attached hydrogens (tertiary/aromatic N) is 3. The number of rotatable bonds is 13. The van der Waals surface area contributed by atoms with Gasteiger partial charge in [-0.1, -0.05) is 26.0 Å². The molecule has 30 heavy (non-hydrogen) atoms. The number of benzene rings is 1. The van der Waals surface area contributed by atoms with Crippen molar-refractivity contribution in [3.63, 3.8) is 0 Å². The van der Waals surface area contributed by atoms with Gasteiger partial charge in [0.05, 0.1) is 19.8 Å². The molecular weight excluding hydrogens is 380 g/mol. The van der Waals surface area contributed by atoms with Crippen LogP contribution in [-0.2, 0) is 16.0 Å². The van der Waals surface area contributed by atoms with E-state index in [2.05, 4.69) is 46.1 Å². The number of aliphatic imine (C=N–C) groups is 1. The second kappa shape index (κ2) is 14.2. The van der Waals surface area contributed by atoms with E-state index in [-0.39, 0.29) is 0 Å². The van der Waals surface area contributed by atoms with Gasteiger partial charge in [-0.05, 0) is 37.2 Å². The van der Waals surface area contributed by atoms with Crippen LogP contribution in [0.1, 0.15) is 25.8 Å². The Morgan fingerprint density at radius 3 is 2.60 bits per heavy atom. The number of methoxy groups -OCH3 is 1. The van der Waals surface area contributed by atoms with E-state index in [1.54, 1.807) is 7.11 Å². The molecule has 1 aromatic carbocycles. The number of likely N-dealkylation sites (N-methyl/N-ethyl adjacent to an activating group) is 1. The summed E-state index contributed by atoms with van der Waals surface area (Å²) in [5.74, 6) is 2.42. The molecule has 0 radical (unpaired) electrons. The van der Waals surface area contributed by atoms with E-state index in [9.17, 15) is 0 Å². The summed E-state index contributed by atoms with van der Waals surface area (Å²) in [4.78, 5) is 9.14. The van der Waals surface area contributed by atoms with Crippen molar-refractivity contribution in [3.05, 3.63) is 29.8 Å². The summed E-state index contributed by atoms with van der Waals surface area (Å²) in [6.45, 7) is 13.0. The third-order valence-electron chi connectivity index (χ3n) is 5.53. The highest BCUT2D eigenvalue weighted by atomic mass is 16.5. The lowest BCUT2D eigenvalue weighted by Gasteiger charge is -2.22. The maximum absolute atomic E-state index is 5.87. The molecule has 1 atom stereocenters. The molecule has 1 aromatic rings. The van der Waals surface area contributed by atoms with Gasteiger partial charge in [-0.25, -0.2) is 0 Å². The van der Waals surface area contributed by atoms with Crippen LogP contribution < -0.4 is 10.1 Å². The van der Waals surface area contributed by atoms with Gasteiger partial charge in [0.1, 0.15) is 12.4 Å². The largest absolute Gasteiger partial charge is 0.492 e. The Kier molecular flexibility index (Phi) is 11.6. The van der Waals surface area contributed by atoms with Crippen molar-refractivity contribution in [1.82, 2.24) is 15.1 Å². The Balaban J connectivity index is 1.71. The zero-order valence-corrected chi connectivity index (χ0v) is 19.2. The van der Waals surface area contributed by atoms with Crippen LogP contribution in [0.5, 0.6) is 5.75 Å². The van der Waals surface area contributed by atoms with Gasteiger partial charge in [-0.15, -0.1) is 0 Å². The lowest BCUT2D eigenvalue weighted by molar-refractivity contribution is 0.0536. The van der Waals surface area contributed by atoms with Crippen LogP contribution in [0.3, 0.4) is 0 Å². The van der Waals surface area contributed by atoms with Crippen molar-refractivity contribution in [2.75, 3.05) is 73.3 Å². The maximum Gasteiger partial charge on any atom is 0.193 e. The van der Waals surface area contributed by atoms with E-state index in [0.29, 0.717) is 19.1 Å². The fourth-order valence-electron chi connectivity index (χ4n) is 3.60. The van der Waals surface area contributed by atoms with Gasteiger partial charge in [0, 0.05) is 46.3 Å². The molecule has 0 bridgehead atoms. The molecule has 1 fully saturated rings. The van der Waals surface area contributed by atoms with Gasteiger partial charge in [0.15, 0.2) is 5.96 Å². The van der Waals surface area contributed by atoms with Crippen molar-refractivity contribution in [1.29, 1.82) is 0 Å². The molecule has 2 rings (SSSR count). The molecule has 1 aliphatic rings. The van der Waals surface area contributed by atoms with E-state index < -0.39 is 0 Å². The quantitative estimate of drug-likeness (QED) is 0.301. The molecule has 1 heterocycles. The van der Waals surface area contributed by atoms with Gasteiger partial charge in [-0.3, -0.25) is 4.99 Å². The van der Waals surface area contributed by atoms with Gasteiger partial charge in [0.2, 0.25) is 0 Å². The Labute approximate surface area is 182 Å². The second-order valence-electron chi connectivity index (χ2n) is 7.59. The maximum atomic E-state index is 5.87. The van der Waals surface area contributed by atoms with Crippen molar-refractivity contribution in [2.24, 2.45) is 10.9 Å². The minimum Gasteiger partial charge on any atom is -0.492 e. The zero-order valence-electron chi connectivity index (χ0n) is 19.2. The van der Waals surface area contributed by atoms with Crippen molar-refractivity contribution in [2.45, 2.75) is 26.8 Å². The van der Waals surface area contributed by atoms with Crippen LogP contribution in [0.2, 0.25) is 0 Å². The normalized spacial score (nSPS) is 17.0. The molecule has 0 saturated carbocycles. The van der Waals surface area contributed by atoms with E-state index in [4.69, 9.17) is 14.2 Å². The highest BCUT2D eigenvalue weighted by Gasteiger charge is 2.24. The highest BCUT2D eigenvalue weighted by molar-refractivity contribution is 5.80. The van der Waals surface area contributed by atoms with E-state index in [0.717, 1.165) is 70.6 Å². The zero-order chi connectivity index (χ0) is 21.6. The Hall–Kier alpha value is -1.83. The first-order valence-electron chi connectivity index (χ1n) is 11.2. The number of nitrogens with one attached hydrogen (secondary N) is 1.